The molecule has 30 heavy (non-hydrogen) atoms. The van der Waals surface area contributed by atoms with E-state index in [9.17, 15) is 4.79 Å². The summed E-state index contributed by atoms with van der Waals surface area (Å²) in [6.07, 6.45) is 1.82. The van der Waals surface area contributed by atoms with Gasteiger partial charge >= 0.3 is 0 Å². The van der Waals surface area contributed by atoms with Gasteiger partial charge in [-0.05, 0) is 62.6 Å². The molecule has 0 aromatic heterocycles. The van der Waals surface area contributed by atoms with E-state index in [4.69, 9.17) is 9.47 Å². The molecule has 0 aliphatic heterocycles. The molecule has 0 spiro atoms. The zero-order valence-electron chi connectivity index (χ0n) is 17.6. The second kappa shape index (κ2) is 11.1. The molecule has 0 heterocycles. The molecule has 4 heteroatoms. The Morgan fingerprint density at radius 1 is 0.933 bits per heavy atom. The van der Waals surface area contributed by atoms with Crippen LogP contribution in [0.15, 0.2) is 78.9 Å². The third-order valence-corrected chi connectivity index (χ3v) is 4.85. The number of carbonyl (C=O) groups is 1. The molecule has 0 aliphatic rings. The Morgan fingerprint density at radius 2 is 1.63 bits per heavy atom. The van der Waals surface area contributed by atoms with Crippen LogP contribution in [-0.2, 0) is 13.0 Å². The number of rotatable bonds is 10. The van der Waals surface area contributed by atoms with Crippen molar-refractivity contribution < 1.29 is 14.3 Å². The highest BCUT2D eigenvalue weighted by Crippen LogP contribution is 2.23. The van der Waals surface area contributed by atoms with Crippen LogP contribution >= 0.6 is 0 Å². The number of aryl methyl sites for hydroxylation is 1. The summed E-state index contributed by atoms with van der Waals surface area (Å²) < 4.78 is 11.6. The zero-order valence-corrected chi connectivity index (χ0v) is 17.6. The van der Waals surface area contributed by atoms with Gasteiger partial charge in [-0.1, -0.05) is 48.5 Å². The van der Waals surface area contributed by atoms with E-state index in [1.807, 2.05) is 74.5 Å². The number of ether oxygens (including phenoxy) is 2. The molecule has 0 bridgehead atoms. The predicted octanol–water partition coefficient (Wildman–Crippen LogP) is 5.42. The number of amides is 1. The van der Waals surface area contributed by atoms with Gasteiger partial charge in [-0.25, -0.2) is 0 Å². The minimum atomic E-state index is -0.0837. The van der Waals surface area contributed by atoms with Crippen LogP contribution in [0.1, 0.15) is 41.8 Å². The molecule has 156 valence electrons. The molecule has 0 aliphatic carbocycles. The van der Waals surface area contributed by atoms with Gasteiger partial charge in [-0.3, -0.25) is 4.79 Å². The first-order chi connectivity index (χ1) is 14.7. The molecular weight excluding hydrogens is 374 g/mol. The Labute approximate surface area is 178 Å². The lowest BCUT2D eigenvalue weighted by Crippen LogP contribution is -2.33. The van der Waals surface area contributed by atoms with Crippen molar-refractivity contribution in [3.8, 4) is 11.5 Å². The number of carbonyl (C=O) groups excluding carboxylic acids is 1. The number of para-hydroxylation sites is 1. The van der Waals surface area contributed by atoms with E-state index in [-0.39, 0.29) is 11.9 Å². The number of hydrogen-bond acceptors (Lipinski definition) is 3. The first kappa shape index (κ1) is 21.4. The van der Waals surface area contributed by atoms with Crippen molar-refractivity contribution in [1.29, 1.82) is 0 Å². The fourth-order valence-electron chi connectivity index (χ4n) is 3.21. The van der Waals surface area contributed by atoms with Crippen LogP contribution in [0.25, 0.3) is 0 Å². The van der Waals surface area contributed by atoms with Crippen LogP contribution in [0, 0.1) is 0 Å². The summed E-state index contributed by atoms with van der Waals surface area (Å²) in [5, 5.41) is 3.10. The molecule has 0 unspecified atom stereocenters. The SMILES string of the molecule is CCOc1ccc(C(=O)N[C@H](C)CCc2ccccc2)cc1COc1ccccc1. The van der Waals surface area contributed by atoms with Crippen LogP contribution in [-0.4, -0.2) is 18.6 Å². The summed E-state index contributed by atoms with van der Waals surface area (Å²) in [5.41, 5.74) is 2.74. The van der Waals surface area contributed by atoms with Crippen molar-refractivity contribution in [2.75, 3.05) is 6.61 Å². The highest BCUT2D eigenvalue weighted by atomic mass is 16.5. The molecule has 0 fully saturated rings. The molecular formula is C26H29NO3. The van der Waals surface area contributed by atoms with Gasteiger partial charge in [0.15, 0.2) is 0 Å². The first-order valence-electron chi connectivity index (χ1n) is 10.4. The Bertz CT molecular complexity index is 926. The van der Waals surface area contributed by atoms with Gasteiger partial charge in [0.05, 0.1) is 6.61 Å². The zero-order chi connectivity index (χ0) is 21.2. The van der Waals surface area contributed by atoms with E-state index >= 15 is 0 Å². The normalized spacial score (nSPS) is 11.5. The lowest BCUT2D eigenvalue weighted by atomic mass is 10.1. The highest BCUT2D eigenvalue weighted by molar-refractivity contribution is 5.94. The molecule has 0 radical (unpaired) electrons. The van der Waals surface area contributed by atoms with Crippen molar-refractivity contribution in [3.05, 3.63) is 95.6 Å². The molecule has 1 atom stereocenters. The van der Waals surface area contributed by atoms with Crippen LogP contribution in [0.5, 0.6) is 11.5 Å². The van der Waals surface area contributed by atoms with Crippen molar-refractivity contribution in [2.45, 2.75) is 39.3 Å². The molecule has 4 nitrogen and oxygen atoms in total. The van der Waals surface area contributed by atoms with Gasteiger partial charge in [0.1, 0.15) is 18.1 Å². The molecule has 1 N–H and O–H groups in total. The maximum Gasteiger partial charge on any atom is 0.251 e. The molecule has 0 saturated heterocycles. The largest absolute Gasteiger partial charge is 0.493 e. The molecule has 3 rings (SSSR count). The van der Waals surface area contributed by atoms with Crippen molar-refractivity contribution in [2.24, 2.45) is 0 Å². The van der Waals surface area contributed by atoms with E-state index in [2.05, 4.69) is 17.4 Å². The monoisotopic (exact) mass is 403 g/mol. The topological polar surface area (TPSA) is 47.6 Å². The summed E-state index contributed by atoms with van der Waals surface area (Å²) in [6, 6.07) is 25.5. The van der Waals surface area contributed by atoms with E-state index in [1.165, 1.54) is 5.56 Å². The first-order valence-corrected chi connectivity index (χ1v) is 10.4. The Morgan fingerprint density at radius 3 is 2.33 bits per heavy atom. The fourth-order valence-corrected chi connectivity index (χ4v) is 3.21. The van der Waals surface area contributed by atoms with E-state index in [0.717, 1.165) is 29.9 Å². The lowest BCUT2D eigenvalue weighted by molar-refractivity contribution is 0.0938. The van der Waals surface area contributed by atoms with E-state index < -0.39 is 0 Å². The highest BCUT2D eigenvalue weighted by Gasteiger charge is 2.14. The van der Waals surface area contributed by atoms with Crippen molar-refractivity contribution in [3.63, 3.8) is 0 Å². The summed E-state index contributed by atoms with van der Waals surface area (Å²) in [4.78, 5) is 12.8. The average Bonchev–Trinajstić information content (AvgIpc) is 2.78. The van der Waals surface area contributed by atoms with E-state index in [0.29, 0.717) is 18.8 Å². The van der Waals surface area contributed by atoms with Gasteiger partial charge < -0.3 is 14.8 Å². The van der Waals surface area contributed by atoms with Gasteiger partial charge in [-0.15, -0.1) is 0 Å². The minimum Gasteiger partial charge on any atom is -0.493 e. The molecule has 3 aromatic carbocycles. The number of nitrogens with one attached hydrogen (secondary N) is 1. The fraction of sp³-hybridized carbons (Fsp3) is 0.269. The van der Waals surface area contributed by atoms with Gasteiger partial charge in [0, 0.05) is 17.2 Å². The van der Waals surface area contributed by atoms with Crippen LogP contribution in [0.4, 0.5) is 0 Å². The predicted molar refractivity (Wildman–Crippen MR) is 120 cm³/mol. The maximum absolute atomic E-state index is 12.8. The third kappa shape index (κ3) is 6.38. The van der Waals surface area contributed by atoms with Gasteiger partial charge in [0.2, 0.25) is 0 Å². The summed E-state index contributed by atoms with van der Waals surface area (Å²) in [5.74, 6) is 1.44. The van der Waals surface area contributed by atoms with Crippen molar-refractivity contribution >= 4 is 5.91 Å². The second-order valence-corrected chi connectivity index (χ2v) is 7.26. The Balaban J connectivity index is 1.63. The average molecular weight is 404 g/mol. The van der Waals surface area contributed by atoms with Gasteiger partial charge in [0.25, 0.3) is 5.91 Å². The second-order valence-electron chi connectivity index (χ2n) is 7.26. The summed E-state index contributed by atoms with van der Waals surface area (Å²) >= 11 is 0. The maximum atomic E-state index is 12.8. The summed E-state index contributed by atoms with van der Waals surface area (Å²) in [7, 11) is 0. The standard InChI is InChI=1S/C26H29NO3/c1-3-29-25-17-16-22(18-23(25)19-30-24-12-8-5-9-13-24)26(28)27-20(2)14-15-21-10-6-4-7-11-21/h4-13,16-18,20H,3,14-15,19H2,1-2H3,(H,27,28)/t20-/m1/s1. The molecule has 0 saturated carbocycles. The van der Waals surface area contributed by atoms with E-state index in [1.54, 1.807) is 6.07 Å². The third-order valence-electron chi connectivity index (χ3n) is 4.85. The Hall–Kier alpha value is -3.27. The van der Waals surface area contributed by atoms with Gasteiger partial charge in [-0.2, -0.15) is 0 Å². The quantitative estimate of drug-likeness (QED) is 0.492. The smallest absolute Gasteiger partial charge is 0.251 e. The summed E-state index contributed by atoms with van der Waals surface area (Å²) in [6.45, 7) is 4.87. The Kier molecular flexibility index (Phi) is 7.90. The number of benzene rings is 3. The minimum absolute atomic E-state index is 0.0771. The molecule has 3 aromatic rings. The molecule has 1 amide bonds. The van der Waals surface area contributed by atoms with Crippen LogP contribution in [0.3, 0.4) is 0 Å². The van der Waals surface area contributed by atoms with Crippen molar-refractivity contribution in [1.82, 2.24) is 5.32 Å². The number of hydrogen-bond donors (Lipinski definition) is 1. The van der Waals surface area contributed by atoms with Crippen LogP contribution < -0.4 is 14.8 Å². The van der Waals surface area contributed by atoms with Crippen LogP contribution in [0.2, 0.25) is 0 Å². The lowest BCUT2D eigenvalue weighted by Gasteiger charge is -2.16.